The second kappa shape index (κ2) is 6.64. The average molecular weight is 250 g/mol. The molecule has 0 spiro atoms. The topological polar surface area (TPSA) is 67.4 Å². The molecule has 5 heteroatoms. The van der Waals surface area contributed by atoms with Crippen molar-refractivity contribution in [2.24, 2.45) is 0 Å². The predicted octanol–water partition coefficient (Wildman–Crippen LogP) is 1.93. The summed E-state index contributed by atoms with van der Waals surface area (Å²) in [5.41, 5.74) is 1.79. The zero-order valence-electron chi connectivity index (χ0n) is 10.8. The standard InChI is InChI=1S/C13H18N2O3/c1-4-10-7-5-6-8-11(10)15-13(17)14-9(2)12(16)18-3/h5-9H,4H2,1-3H3,(H2,14,15,17)/t9-/m1/s1. The molecule has 2 N–H and O–H groups in total. The minimum absolute atomic E-state index is 0.422. The van der Waals surface area contributed by atoms with Gasteiger partial charge in [0, 0.05) is 5.69 Å². The highest BCUT2D eigenvalue weighted by Crippen LogP contribution is 2.15. The van der Waals surface area contributed by atoms with Crippen LogP contribution in [0.2, 0.25) is 0 Å². The van der Waals surface area contributed by atoms with Crippen LogP contribution in [-0.2, 0) is 16.0 Å². The summed E-state index contributed by atoms with van der Waals surface area (Å²) < 4.78 is 4.53. The van der Waals surface area contributed by atoms with E-state index in [2.05, 4.69) is 15.4 Å². The number of methoxy groups -OCH3 is 1. The first kappa shape index (κ1) is 14.0. The van der Waals surface area contributed by atoms with Gasteiger partial charge in [-0.1, -0.05) is 25.1 Å². The highest BCUT2D eigenvalue weighted by molar-refractivity contribution is 5.93. The molecule has 0 saturated heterocycles. The van der Waals surface area contributed by atoms with Crippen molar-refractivity contribution >= 4 is 17.7 Å². The summed E-state index contributed by atoms with van der Waals surface area (Å²) in [6.45, 7) is 3.58. The van der Waals surface area contributed by atoms with Gasteiger partial charge in [-0.05, 0) is 25.0 Å². The fraction of sp³-hybridized carbons (Fsp3) is 0.385. The number of amides is 2. The van der Waals surface area contributed by atoms with Gasteiger partial charge in [-0.2, -0.15) is 0 Å². The van der Waals surface area contributed by atoms with Gasteiger partial charge in [0.2, 0.25) is 0 Å². The Bertz CT molecular complexity index is 432. The third kappa shape index (κ3) is 3.76. The van der Waals surface area contributed by atoms with Crippen LogP contribution < -0.4 is 10.6 Å². The number of urea groups is 1. The summed E-state index contributed by atoms with van der Waals surface area (Å²) in [6, 6.07) is 6.43. The molecule has 1 atom stereocenters. The van der Waals surface area contributed by atoms with Gasteiger partial charge in [0.1, 0.15) is 6.04 Å². The molecular formula is C13H18N2O3. The largest absolute Gasteiger partial charge is 0.467 e. The van der Waals surface area contributed by atoms with E-state index in [-0.39, 0.29) is 0 Å². The number of aryl methyl sites for hydroxylation is 1. The predicted molar refractivity (Wildman–Crippen MR) is 69.5 cm³/mol. The molecule has 0 aliphatic carbocycles. The van der Waals surface area contributed by atoms with Crippen molar-refractivity contribution in [3.05, 3.63) is 29.8 Å². The van der Waals surface area contributed by atoms with Crippen LogP contribution in [0.15, 0.2) is 24.3 Å². The third-order valence-corrected chi connectivity index (χ3v) is 2.55. The summed E-state index contributed by atoms with van der Waals surface area (Å²) in [5, 5.41) is 5.22. The van der Waals surface area contributed by atoms with Gasteiger partial charge < -0.3 is 15.4 Å². The van der Waals surface area contributed by atoms with Crippen LogP contribution in [0.3, 0.4) is 0 Å². The molecule has 0 aliphatic heterocycles. The fourth-order valence-electron chi connectivity index (χ4n) is 1.54. The molecule has 0 unspecified atom stereocenters. The quantitative estimate of drug-likeness (QED) is 0.802. The van der Waals surface area contributed by atoms with Crippen LogP contribution >= 0.6 is 0 Å². The van der Waals surface area contributed by atoms with Gasteiger partial charge in [-0.25, -0.2) is 9.59 Å². The molecule has 1 aromatic carbocycles. The Morgan fingerprint density at radius 3 is 2.61 bits per heavy atom. The average Bonchev–Trinajstić information content (AvgIpc) is 2.38. The van der Waals surface area contributed by atoms with Gasteiger partial charge in [0.25, 0.3) is 0 Å². The number of hydrogen-bond donors (Lipinski definition) is 2. The Hall–Kier alpha value is -2.04. The van der Waals surface area contributed by atoms with E-state index in [1.807, 2.05) is 31.2 Å². The van der Waals surface area contributed by atoms with Crippen LogP contribution in [0.25, 0.3) is 0 Å². The Morgan fingerprint density at radius 2 is 2.00 bits per heavy atom. The van der Waals surface area contributed by atoms with E-state index in [9.17, 15) is 9.59 Å². The van der Waals surface area contributed by atoms with Crippen molar-refractivity contribution in [3.8, 4) is 0 Å². The van der Waals surface area contributed by atoms with Gasteiger partial charge in [-0.3, -0.25) is 0 Å². The molecule has 18 heavy (non-hydrogen) atoms. The van der Waals surface area contributed by atoms with Crippen molar-refractivity contribution in [2.45, 2.75) is 26.3 Å². The molecule has 1 aromatic rings. The van der Waals surface area contributed by atoms with Crippen molar-refractivity contribution in [1.29, 1.82) is 0 Å². The lowest BCUT2D eigenvalue weighted by molar-refractivity contribution is -0.142. The first-order chi connectivity index (χ1) is 8.58. The lowest BCUT2D eigenvalue weighted by atomic mass is 10.1. The lowest BCUT2D eigenvalue weighted by Crippen LogP contribution is -2.41. The zero-order valence-corrected chi connectivity index (χ0v) is 10.8. The minimum Gasteiger partial charge on any atom is -0.467 e. The summed E-state index contributed by atoms with van der Waals surface area (Å²) in [5.74, 6) is -0.478. The van der Waals surface area contributed by atoms with Crippen LogP contribution in [-0.4, -0.2) is 25.2 Å². The van der Waals surface area contributed by atoms with Gasteiger partial charge in [-0.15, -0.1) is 0 Å². The maximum absolute atomic E-state index is 11.7. The Kier molecular flexibility index (Phi) is 5.17. The summed E-state index contributed by atoms with van der Waals surface area (Å²) in [4.78, 5) is 22.8. The summed E-state index contributed by atoms with van der Waals surface area (Å²) in [6.07, 6.45) is 0.822. The SMILES string of the molecule is CCc1ccccc1NC(=O)N[C@H](C)C(=O)OC. The van der Waals surface area contributed by atoms with Gasteiger partial charge >= 0.3 is 12.0 Å². The monoisotopic (exact) mass is 250 g/mol. The van der Waals surface area contributed by atoms with E-state index in [1.165, 1.54) is 7.11 Å². The molecular weight excluding hydrogens is 232 g/mol. The number of carbonyl (C=O) groups is 2. The number of ether oxygens (including phenoxy) is 1. The molecule has 0 aromatic heterocycles. The van der Waals surface area contributed by atoms with E-state index in [0.717, 1.165) is 17.7 Å². The molecule has 0 heterocycles. The van der Waals surface area contributed by atoms with Gasteiger partial charge in [0.15, 0.2) is 0 Å². The molecule has 2 amide bonds. The molecule has 1 rings (SSSR count). The lowest BCUT2D eigenvalue weighted by Gasteiger charge is -2.14. The maximum Gasteiger partial charge on any atom is 0.328 e. The van der Waals surface area contributed by atoms with Crippen molar-refractivity contribution < 1.29 is 14.3 Å². The number of hydrogen-bond acceptors (Lipinski definition) is 3. The van der Waals surface area contributed by atoms with E-state index < -0.39 is 18.0 Å². The molecule has 98 valence electrons. The second-order valence-corrected chi connectivity index (χ2v) is 3.85. The van der Waals surface area contributed by atoms with Gasteiger partial charge in [0.05, 0.1) is 7.11 Å². The maximum atomic E-state index is 11.7. The highest BCUT2D eigenvalue weighted by Gasteiger charge is 2.15. The minimum atomic E-state index is -0.677. The fourth-order valence-corrected chi connectivity index (χ4v) is 1.54. The Labute approximate surface area is 107 Å². The van der Waals surface area contributed by atoms with E-state index in [1.54, 1.807) is 6.92 Å². The number of rotatable bonds is 4. The second-order valence-electron chi connectivity index (χ2n) is 3.85. The molecule has 0 fully saturated rings. The summed E-state index contributed by atoms with van der Waals surface area (Å²) >= 11 is 0. The first-order valence-electron chi connectivity index (χ1n) is 5.81. The molecule has 0 saturated carbocycles. The summed E-state index contributed by atoms with van der Waals surface area (Å²) in [7, 11) is 1.28. The van der Waals surface area contributed by atoms with E-state index >= 15 is 0 Å². The normalized spacial score (nSPS) is 11.5. The van der Waals surface area contributed by atoms with Crippen molar-refractivity contribution in [1.82, 2.24) is 5.32 Å². The van der Waals surface area contributed by atoms with Crippen molar-refractivity contribution in [3.63, 3.8) is 0 Å². The molecule has 0 aliphatic rings. The first-order valence-corrected chi connectivity index (χ1v) is 5.81. The number of anilines is 1. The number of nitrogens with one attached hydrogen (secondary N) is 2. The zero-order chi connectivity index (χ0) is 13.5. The van der Waals surface area contributed by atoms with Crippen molar-refractivity contribution in [2.75, 3.05) is 12.4 Å². The number of para-hydroxylation sites is 1. The van der Waals surface area contributed by atoms with Crippen LogP contribution in [0.4, 0.5) is 10.5 Å². The Morgan fingerprint density at radius 1 is 1.33 bits per heavy atom. The van der Waals surface area contributed by atoms with E-state index in [4.69, 9.17) is 0 Å². The third-order valence-electron chi connectivity index (χ3n) is 2.55. The number of esters is 1. The highest BCUT2D eigenvalue weighted by atomic mass is 16.5. The molecule has 0 radical (unpaired) electrons. The molecule has 0 bridgehead atoms. The van der Waals surface area contributed by atoms with Crippen LogP contribution in [0, 0.1) is 0 Å². The van der Waals surface area contributed by atoms with Crippen LogP contribution in [0.1, 0.15) is 19.4 Å². The van der Waals surface area contributed by atoms with E-state index in [0.29, 0.717) is 0 Å². The molecule has 5 nitrogen and oxygen atoms in total. The number of carbonyl (C=O) groups excluding carboxylic acids is 2. The Balaban J connectivity index is 2.62. The van der Waals surface area contributed by atoms with Crippen LogP contribution in [0.5, 0.6) is 0 Å². The number of benzene rings is 1. The smallest absolute Gasteiger partial charge is 0.328 e.